The van der Waals surface area contributed by atoms with Gasteiger partial charge in [0.25, 0.3) is 5.91 Å². The van der Waals surface area contributed by atoms with Crippen LogP contribution < -0.4 is 5.32 Å². The van der Waals surface area contributed by atoms with Crippen molar-refractivity contribution in [2.75, 3.05) is 18.5 Å². The van der Waals surface area contributed by atoms with Crippen molar-refractivity contribution in [3.8, 4) is 0 Å². The molecule has 5 nitrogen and oxygen atoms in total. The van der Waals surface area contributed by atoms with Crippen LogP contribution in [0.1, 0.15) is 41.9 Å². The van der Waals surface area contributed by atoms with Crippen molar-refractivity contribution < 1.29 is 19.1 Å². The highest BCUT2D eigenvalue weighted by Gasteiger charge is 2.26. The quantitative estimate of drug-likeness (QED) is 0.848. The van der Waals surface area contributed by atoms with E-state index in [1.807, 2.05) is 6.92 Å². The van der Waals surface area contributed by atoms with E-state index in [2.05, 4.69) is 5.32 Å². The molecule has 6 heteroatoms. The minimum Gasteiger partial charge on any atom is -0.462 e. The third kappa shape index (κ3) is 3.37. The summed E-state index contributed by atoms with van der Waals surface area (Å²) in [4.78, 5) is 25.0. The summed E-state index contributed by atoms with van der Waals surface area (Å²) >= 11 is 1.41. The fourth-order valence-corrected chi connectivity index (χ4v) is 3.03. The van der Waals surface area contributed by atoms with Gasteiger partial charge in [0.05, 0.1) is 12.2 Å². The Bertz CT molecular complexity index is 491. The van der Waals surface area contributed by atoms with Crippen molar-refractivity contribution in [2.24, 2.45) is 0 Å². The summed E-state index contributed by atoms with van der Waals surface area (Å²) in [5.74, 6) is -0.580. The van der Waals surface area contributed by atoms with Gasteiger partial charge in [-0.2, -0.15) is 0 Å². The molecular weight excluding hydrogens is 278 g/mol. The second kappa shape index (κ2) is 6.85. The average Bonchev–Trinajstić information content (AvgIpc) is 3.08. The molecule has 1 fully saturated rings. The second-order valence-corrected chi connectivity index (χ2v) is 5.66. The molecule has 0 radical (unpaired) electrons. The van der Waals surface area contributed by atoms with Gasteiger partial charge in [0, 0.05) is 11.5 Å². The molecular formula is C14H19NO4S. The second-order valence-electron chi connectivity index (χ2n) is 4.52. The number of amides is 1. The molecule has 1 aliphatic rings. The SMILES string of the molecule is CCOC(=O)c1cc(CC)sc1NC(=O)C1CCCO1. The molecule has 0 spiro atoms. The first kappa shape index (κ1) is 15.0. The zero-order valence-electron chi connectivity index (χ0n) is 11.7. The lowest BCUT2D eigenvalue weighted by Gasteiger charge is -2.10. The van der Waals surface area contributed by atoms with E-state index in [0.717, 1.165) is 24.1 Å². The Kier molecular flexibility index (Phi) is 5.14. The van der Waals surface area contributed by atoms with Crippen molar-refractivity contribution in [1.82, 2.24) is 0 Å². The number of anilines is 1. The molecule has 1 aromatic heterocycles. The Morgan fingerprint density at radius 1 is 1.50 bits per heavy atom. The average molecular weight is 297 g/mol. The molecule has 1 atom stereocenters. The van der Waals surface area contributed by atoms with Gasteiger partial charge in [-0.05, 0) is 32.3 Å². The van der Waals surface area contributed by atoms with Crippen molar-refractivity contribution in [3.63, 3.8) is 0 Å². The smallest absolute Gasteiger partial charge is 0.341 e. The van der Waals surface area contributed by atoms with Crippen LogP contribution in [0, 0.1) is 0 Å². The Hall–Kier alpha value is -1.40. The van der Waals surface area contributed by atoms with E-state index in [1.165, 1.54) is 11.3 Å². The molecule has 0 aliphatic carbocycles. The van der Waals surface area contributed by atoms with Gasteiger partial charge in [-0.25, -0.2) is 4.79 Å². The van der Waals surface area contributed by atoms with E-state index in [0.29, 0.717) is 23.8 Å². The van der Waals surface area contributed by atoms with Crippen LogP contribution in [0.5, 0.6) is 0 Å². The Morgan fingerprint density at radius 3 is 2.90 bits per heavy atom. The van der Waals surface area contributed by atoms with Gasteiger partial charge in [0.1, 0.15) is 11.1 Å². The number of hydrogen-bond donors (Lipinski definition) is 1. The van der Waals surface area contributed by atoms with Crippen molar-refractivity contribution in [2.45, 2.75) is 39.2 Å². The summed E-state index contributed by atoms with van der Waals surface area (Å²) in [7, 11) is 0. The predicted octanol–water partition coefficient (Wildman–Crippen LogP) is 2.60. The minimum absolute atomic E-state index is 0.183. The predicted molar refractivity (Wildman–Crippen MR) is 77.3 cm³/mol. The fraction of sp³-hybridized carbons (Fsp3) is 0.571. The van der Waals surface area contributed by atoms with Gasteiger partial charge < -0.3 is 14.8 Å². The Morgan fingerprint density at radius 2 is 2.30 bits per heavy atom. The Balaban J connectivity index is 2.14. The van der Waals surface area contributed by atoms with Crippen LogP contribution in [0.15, 0.2) is 6.07 Å². The number of carbonyl (C=O) groups excluding carboxylic acids is 2. The molecule has 20 heavy (non-hydrogen) atoms. The molecule has 1 aliphatic heterocycles. The number of rotatable bonds is 5. The van der Waals surface area contributed by atoms with Crippen LogP contribution in [-0.2, 0) is 20.7 Å². The molecule has 1 aromatic rings. The number of aryl methyl sites for hydroxylation is 1. The third-order valence-electron chi connectivity index (χ3n) is 3.09. The van der Waals surface area contributed by atoms with Crippen LogP contribution in [0.3, 0.4) is 0 Å². The van der Waals surface area contributed by atoms with Gasteiger partial charge in [-0.3, -0.25) is 4.79 Å². The summed E-state index contributed by atoms with van der Waals surface area (Å²) in [5.41, 5.74) is 0.431. The van der Waals surface area contributed by atoms with Crippen molar-refractivity contribution >= 4 is 28.2 Å². The first-order valence-corrected chi connectivity index (χ1v) is 7.69. The maximum Gasteiger partial charge on any atom is 0.341 e. The molecule has 0 bridgehead atoms. The number of carbonyl (C=O) groups is 2. The third-order valence-corrected chi connectivity index (χ3v) is 4.28. The zero-order chi connectivity index (χ0) is 14.5. The van der Waals surface area contributed by atoms with Gasteiger partial charge >= 0.3 is 5.97 Å². The summed E-state index contributed by atoms with van der Waals surface area (Å²) < 4.78 is 10.4. The standard InChI is InChI=1S/C14H19NO4S/c1-3-9-8-10(14(17)18-4-2)13(20-9)15-12(16)11-6-5-7-19-11/h8,11H,3-7H2,1-2H3,(H,15,16). The van der Waals surface area contributed by atoms with Crippen LogP contribution in [0.4, 0.5) is 5.00 Å². The van der Waals surface area contributed by atoms with E-state index >= 15 is 0 Å². The molecule has 2 rings (SSSR count). The van der Waals surface area contributed by atoms with Gasteiger partial charge in [-0.15, -0.1) is 11.3 Å². The van der Waals surface area contributed by atoms with E-state index in [4.69, 9.17) is 9.47 Å². The lowest BCUT2D eigenvalue weighted by Crippen LogP contribution is -2.27. The molecule has 1 saturated heterocycles. The first-order valence-electron chi connectivity index (χ1n) is 6.88. The number of hydrogen-bond acceptors (Lipinski definition) is 5. The molecule has 1 N–H and O–H groups in total. The summed E-state index contributed by atoms with van der Waals surface area (Å²) in [6, 6.07) is 1.79. The van der Waals surface area contributed by atoms with Gasteiger partial charge in [0.15, 0.2) is 0 Å². The number of esters is 1. The molecule has 2 heterocycles. The first-order chi connectivity index (χ1) is 9.65. The van der Waals surface area contributed by atoms with Gasteiger partial charge in [0.2, 0.25) is 0 Å². The highest BCUT2D eigenvalue weighted by molar-refractivity contribution is 7.16. The summed E-state index contributed by atoms with van der Waals surface area (Å²) in [6.07, 6.45) is 2.03. The van der Waals surface area contributed by atoms with E-state index in [-0.39, 0.29) is 5.91 Å². The maximum absolute atomic E-state index is 12.1. The largest absolute Gasteiger partial charge is 0.462 e. The van der Waals surface area contributed by atoms with Crippen LogP contribution in [0.25, 0.3) is 0 Å². The number of thiophene rings is 1. The highest BCUT2D eigenvalue weighted by atomic mass is 32.1. The lowest BCUT2D eigenvalue weighted by molar-refractivity contribution is -0.124. The monoisotopic (exact) mass is 297 g/mol. The Labute approximate surface area is 122 Å². The van der Waals surface area contributed by atoms with Crippen LogP contribution in [0.2, 0.25) is 0 Å². The highest BCUT2D eigenvalue weighted by Crippen LogP contribution is 2.30. The minimum atomic E-state index is -0.405. The summed E-state index contributed by atoms with van der Waals surface area (Å²) in [6.45, 7) is 4.70. The summed E-state index contributed by atoms with van der Waals surface area (Å²) in [5, 5.41) is 3.36. The topological polar surface area (TPSA) is 64.6 Å². The fourth-order valence-electron chi connectivity index (χ4n) is 2.05. The molecule has 1 amide bonds. The number of ether oxygens (including phenoxy) is 2. The van der Waals surface area contributed by atoms with E-state index in [1.54, 1.807) is 13.0 Å². The van der Waals surface area contributed by atoms with E-state index < -0.39 is 12.1 Å². The number of nitrogens with one attached hydrogen (secondary N) is 1. The lowest BCUT2D eigenvalue weighted by atomic mass is 10.2. The maximum atomic E-state index is 12.1. The van der Waals surface area contributed by atoms with Crippen LogP contribution >= 0.6 is 11.3 Å². The zero-order valence-corrected chi connectivity index (χ0v) is 12.5. The van der Waals surface area contributed by atoms with Crippen molar-refractivity contribution in [3.05, 3.63) is 16.5 Å². The molecule has 0 saturated carbocycles. The van der Waals surface area contributed by atoms with Crippen LogP contribution in [-0.4, -0.2) is 31.2 Å². The molecule has 1 unspecified atom stereocenters. The van der Waals surface area contributed by atoms with Gasteiger partial charge in [-0.1, -0.05) is 6.92 Å². The van der Waals surface area contributed by atoms with Crippen molar-refractivity contribution in [1.29, 1.82) is 0 Å². The van der Waals surface area contributed by atoms with E-state index in [9.17, 15) is 9.59 Å². The molecule has 110 valence electrons. The molecule has 0 aromatic carbocycles. The normalized spacial score (nSPS) is 18.0.